The van der Waals surface area contributed by atoms with E-state index in [1.165, 1.54) is 6.26 Å². The van der Waals surface area contributed by atoms with E-state index in [1.54, 1.807) is 0 Å². The Labute approximate surface area is 77.7 Å². The summed E-state index contributed by atoms with van der Waals surface area (Å²) in [6, 6.07) is 0. The van der Waals surface area contributed by atoms with Crippen LogP contribution in [-0.2, 0) is 15.3 Å². The van der Waals surface area contributed by atoms with Gasteiger partial charge in [-0.2, -0.15) is 0 Å². The molecule has 1 unspecified atom stereocenters. The monoisotopic (exact) mass is 190 g/mol. The van der Waals surface area contributed by atoms with Crippen LogP contribution in [0.15, 0.2) is 12.3 Å². The van der Waals surface area contributed by atoms with Gasteiger partial charge in [-0.15, -0.1) is 0 Å². The van der Waals surface area contributed by atoms with Crippen molar-refractivity contribution in [3.05, 3.63) is 12.3 Å². The van der Waals surface area contributed by atoms with Gasteiger partial charge in [0.05, 0.1) is 5.25 Å². The minimum Gasteiger partial charge on any atom is -0.409 e. The smallest absolute Gasteiger partial charge is 0.208 e. The first-order chi connectivity index (χ1) is 5.33. The van der Waals surface area contributed by atoms with Crippen LogP contribution in [0.1, 0.15) is 34.6 Å². The third-order valence-corrected chi connectivity index (χ3v) is 2.17. The second kappa shape index (κ2) is 4.65. The lowest BCUT2D eigenvalue weighted by Gasteiger charge is -2.11. The fourth-order valence-corrected chi connectivity index (χ4v) is 0.785. The lowest BCUT2D eigenvalue weighted by atomic mass is 9.98. The zero-order valence-corrected chi connectivity index (χ0v) is 9.27. The lowest BCUT2D eigenvalue weighted by molar-refractivity contribution is 0.471. The molecule has 0 aromatic heterocycles. The quantitative estimate of drug-likeness (QED) is 0.639. The van der Waals surface area contributed by atoms with E-state index in [0.29, 0.717) is 0 Å². The van der Waals surface area contributed by atoms with Gasteiger partial charge < -0.3 is 4.18 Å². The Bertz CT molecular complexity index is 177. The van der Waals surface area contributed by atoms with Crippen LogP contribution < -0.4 is 0 Å². The van der Waals surface area contributed by atoms with Crippen molar-refractivity contribution >= 4 is 11.1 Å². The fourth-order valence-electron chi connectivity index (χ4n) is 0.398. The van der Waals surface area contributed by atoms with Crippen molar-refractivity contribution in [3.63, 3.8) is 0 Å². The van der Waals surface area contributed by atoms with Crippen molar-refractivity contribution in [2.24, 2.45) is 5.41 Å². The average Bonchev–Trinajstić information content (AvgIpc) is 1.84. The molecule has 0 saturated carbocycles. The molecule has 3 heteroatoms. The standard InChI is InChI=1S/C9H18O2S/c1-8(2)12(10)11-7-6-9(3,4)5/h6-8H,1-5H3/b7-6+. The Morgan fingerprint density at radius 3 is 2.17 bits per heavy atom. The van der Waals surface area contributed by atoms with Crippen LogP contribution in [0, 0.1) is 5.41 Å². The van der Waals surface area contributed by atoms with Crippen molar-refractivity contribution in [1.29, 1.82) is 0 Å². The Morgan fingerprint density at radius 2 is 1.83 bits per heavy atom. The Kier molecular flexibility index (Phi) is 4.53. The molecule has 2 nitrogen and oxygen atoms in total. The van der Waals surface area contributed by atoms with Gasteiger partial charge in [0.25, 0.3) is 0 Å². The first-order valence-electron chi connectivity index (χ1n) is 4.08. The molecule has 12 heavy (non-hydrogen) atoms. The fraction of sp³-hybridized carbons (Fsp3) is 0.778. The van der Waals surface area contributed by atoms with Gasteiger partial charge in [0.15, 0.2) is 0 Å². The number of hydrogen-bond donors (Lipinski definition) is 0. The molecule has 0 saturated heterocycles. The average molecular weight is 190 g/mol. The molecule has 0 aliphatic rings. The molecule has 0 spiro atoms. The molecule has 0 rings (SSSR count). The van der Waals surface area contributed by atoms with Gasteiger partial charge >= 0.3 is 0 Å². The largest absolute Gasteiger partial charge is 0.409 e. The topological polar surface area (TPSA) is 26.3 Å². The first-order valence-corrected chi connectivity index (χ1v) is 5.22. The highest BCUT2D eigenvalue weighted by atomic mass is 32.2. The number of rotatable bonds is 3. The Morgan fingerprint density at radius 1 is 1.33 bits per heavy atom. The zero-order chi connectivity index (χ0) is 9.78. The summed E-state index contributed by atoms with van der Waals surface area (Å²) in [5.74, 6) is 0. The third kappa shape index (κ3) is 6.40. The van der Waals surface area contributed by atoms with Crippen LogP contribution in [0.3, 0.4) is 0 Å². The molecule has 0 bridgehead atoms. The summed E-state index contributed by atoms with van der Waals surface area (Å²) in [7, 11) is 0. The Hall–Kier alpha value is -0.310. The van der Waals surface area contributed by atoms with Crippen LogP contribution in [-0.4, -0.2) is 9.46 Å². The summed E-state index contributed by atoms with van der Waals surface area (Å²) in [5.41, 5.74) is 0.0845. The van der Waals surface area contributed by atoms with Gasteiger partial charge in [-0.25, -0.2) is 4.21 Å². The molecule has 0 N–H and O–H groups in total. The van der Waals surface area contributed by atoms with Crippen molar-refractivity contribution in [3.8, 4) is 0 Å². The first kappa shape index (κ1) is 11.7. The van der Waals surface area contributed by atoms with Gasteiger partial charge in [-0.05, 0) is 25.3 Å². The lowest BCUT2D eigenvalue weighted by Crippen LogP contribution is -2.06. The maximum absolute atomic E-state index is 11.1. The van der Waals surface area contributed by atoms with Gasteiger partial charge in [-0.1, -0.05) is 20.8 Å². The second-order valence-electron chi connectivity index (χ2n) is 4.07. The molecular formula is C9H18O2S. The van der Waals surface area contributed by atoms with Crippen LogP contribution in [0.5, 0.6) is 0 Å². The maximum Gasteiger partial charge on any atom is 0.208 e. The van der Waals surface area contributed by atoms with Crippen molar-refractivity contribution in [1.82, 2.24) is 0 Å². The van der Waals surface area contributed by atoms with E-state index < -0.39 is 11.1 Å². The van der Waals surface area contributed by atoms with E-state index in [9.17, 15) is 4.21 Å². The summed E-state index contributed by atoms with van der Waals surface area (Å²) in [6.07, 6.45) is 3.42. The van der Waals surface area contributed by atoms with Crippen molar-refractivity contribution < 1.29 is 8.39 Å². The summed E-state index contributed by atoms with van der Waals surface area (Å²) < 4.78 is 16.0. The second-order valence-corrected chi connectivity index (χ2v) is 5.73. The molecule has 0 aliphatic carbocycles. The highest BCUT2D eigenvalue weighted by molar-refractivity contribution is 7.80. The van der Waals surface area contributed by atoms with E-state index in [1.807, 2.05) is 19.9 Å². The van der Waals surface area contributed by atoms with E-state index in [4.69, 9.17) is 4.18 Å². The zero-order valence-electron chi connectivity index (χ0n) is 8.46. The van der Waals surface area contributed by atoms with Gasteiger partial charge in [0.2, 0.25) is 11.1 Å². The van der Waals surface area contributed by atoms with Crippen LogP contribution in [0.4, 0.5) is 0 Å². The van der Waals surface area contributed by atoms with Gasteiger partial charge in [-0.3, -0.25) is 0 Å². The van der Waals surface area contributed by atoms with E-state index >= 15 is 0 Å². The van der Waals surface area contributed by atoms with Gasteiger partial charge in [0, 0.05) is 0 Å². The highest BCUT2D eigenvalue weighted by Crippen LogP contribution is 2.14. The maximum atomic E-state index is 11.1. The molecular weight excluding hydrogens is 172 g/mol. The summed E-state index contributed by atoms with van der Waals surface area (Å²) >= 11 is -1.19. The molecule has 0 aliphatic heterocycles. The minimum atomic E-state index is -1.19. The third-order valence-electron chi connectivity index (χ3n) is 1.10. The van der Waals surface area contributed by atoms with Gasteiger partial charge in [0.1, 0.15) is 6.26 Å². The molecule has 0 aromatic carbocycles. The number of allylic oxidation sites excluding steroid dienone is 1. The van der Waals surface area contributed by atoms with Crippen molar-refractivity contribution in [2.75, 3.05) is 0 Å². The van der Waals surface area contributed by atoms with E-state index in [2.05, 4.69) is 20.8 Å². The van der Waals surface area contributed by atoms with E-state index in [-0.39, 0.29) is 10.7 Å². The summed E-state index contributed by atoms with van der Waals surface area (Å²) in [6.45, 7) is 9.91. The molecule has 1 atom stereocenters. The SMILES string of the molecule is CC(C)S(=O)O/C=C/C(C)(C)C. The highest BCUT2D eigenvalue weighted by Gasteiger charge is 2.06. The predicted molar refractivity (Wildman–Crippen MR) is 53.0 cm³/mol. The van der Waals surface area contributed by atoms with E-state index in [0.717, 1.165) is 0 Å². The normalized spacial score (nSPS) is 15.5. The predicted octanol–water partition coefficient (Wildman–Crippen LogP) is 2.63. The summed E-state index contributed by atoms with van der Waals surface area (Å²) in [5, 5.41) is 0.0506. The molecule has 0 radical (unpaired) electrons. The van der Waals surface area contributed by atoms with Crippen molar-refractivity contribution in [2.45, 2.75) is 39.9 Å². The molecule has 0 heterocycles. The number of hydrogen-bond acceptors (Lipinski definition) is 2. The van der Waals surface area contributed by atoms with Crippen LogP contribution >= 0.6 is 0 Å². The molecule has 0 fully saturated rings. The molecule has 0 aromatic rings. The summed E-state index contributed by atoms with van der Waals surface area (Å²) in [4.78, 5) is 0. The molecule has 72 valence electrons. The van der Waals surface area contributed by atoms with Crippen LogP contribution in [0.25, 0.3) is 0 Å². The molecule has 0 amide bonds. The minimum absolute atomic E-state index is 0.0506. The van der Waals surface area contributed by atoms with Crippen LogP contribution in [0.2, 0.25) is 0 Å². The Balaban J connectivity index is 3.84.